The molecular weight excluding hydrogens is 599 g/mol. The fraction of sp³-hybridized carbons (Fsp3) is 0.250. The molecule has 0 aliphatic heterocycles. The first-order valence-electron chi connectivity index (χ1n) is 15.3. The Kier molecular flexibility index (Phi) is 10.7. The van der Waals surface area contributed by atoms with Gasteiger partial charge in [0, 0.05) is 0 Å². The van der Waals surface area contributed by atoms with Crippen LogP contribution in [0.4, 0.5) is 0 Å². The number of benzene rings is 4. The molecule has 4 fully saturated rings. The van der Waals surface area contributed by atoms with E-state index in [4.69, 9.17) is 0 Å². The first kappa shape index (κ1) is 31.8. The first-order chi connectivity index (χ1) is 20.2. The predicted molar refractivity (Wildman–Crippen MR) is 172 cm³/mol. The van der Waals surface area contributed by atoms with Crippen LogP contribution in [0.1, 0.15) is 38.5 Å². The average Bonchev–Trinajstić information content (AvgIpc) is 3.72. The quantitative estimate of drug-likeness (QED) is 0.198. The van der Waals surface area contributed by atoms with Crippen molar-refractivity contribution < 1.29 is 44.8 Å². The second-order valence-electron chi connectivity index (χ2n) is 12.2. The molecule has 0 N–H and O–H groups in total. The molecule has 0 amide bonds. The van der Waals surface area contributed by atoms with Crippen molar-refractivity contribution in [3.05, 3.63) is 127 Å². The van der Waals surface area contributed by atoms with E-state index in [2.05, 4.69) is 135 Å². The molecule has 0 aromatic heterocycles. The van der Waals surface area contributed by atoms with Gasteiger partial charge in [-0.25, -0.2) is 12.2 Å². The van der Waals surface area contributed by atoms with Crippen molar-refractivity contribution in [2.75, 3.05) is 0 Å². The van der Waals surface area contributed by atoms with Crippen LogP contribution in [-0.4, -0.2) is 3.81 Å². The van der Waals surface area contributed by atoms with E-state index in [1.165, 1.54) is 43.8 Å². The minimum Gasteiger partial charge on any atom is -0.126 e. The summed E-state index contributed by atoms with van der Waals surface area (Å²) < 4.78 is 1.87. The van der Waals surface area contributed by atoms with E-state index in [0.717, 1.165) is 30.1 Å². The van der Waals surface area contributed by atoms with Crippen molar-refractivity contribution in [1.82, 2.24) is 0 Å². The molecule has 0 spiro atoms. The fourth-order valence-electron chi connectivity index (χ4n) is 7.67. The number of hydrogen-bond acceptors (Lipinski definition) is 0. The zero-order chi connectivity index (χ0) is 27.6. The van der Waals surface area contributed by atoms with Gasteiger partial charge in [0.15, 0.2) is 0 Å². The molecule has 4 saturated carbocycles. The SMILES string of the molecule is [C-]1=CC=CC1.[Cl-].[Cl-].[Ti+2]=[C]1C2CC3CC(C2)CC1C3.c1ccc(-c2ccc3c(c2)[cH-]c2cc(-c4ccccc4)ccc23)cc1. The summed E-state index contributed by atoms with van der Waals surface area (Å²) in [5.41, 5.74) is 5.07. The van der Waals surface area contributed by atoms with Crippen LogP contribution >= 0.6 is 0 Å². The molecule has 5 aliphatic rings. The van der Waals surface area contributed by atoms with Crippen molar-refractivity contribution in [3.63, 3.8) is 0 Å². The van der Waals surface area contributed by atoms with Crippen molar-refractivity contribution in [1.29, 1.82) is 0 Å². The van der Waals surface area contributed by atoms with Crippen LogP contribution in [0.3, 0.4) is 0 Å². The van der Waals surface area contributed by atoms with Gasteiger partial charge in [-0.05, 0) is 11.1 Å². The minimum atomic E-state index is 0. The molecule has 5 aromatic rings. The molecule has 5 aromatic carbocycles. The average molecular weight is 636 g/mol. The van der Waals surface area contributed by atoms with Crippen LogP contribution in [0.5, 0.6) is 0 Å². The van der Waals surface area contributed by atoms with Crippen LogP contribution in [0.2, 0.25) is 0 Å². The van der Waals surface area contributed by atoms with Crippen molar-refractivity contribution in [3.8, 4) is 22.3 Å². The molecule has 216 valence electrons. The smallest absolute Gasteiger partial charge is 0.0259 e. The largest absolute Gasteiger partial charge is 0.126 e. The Labute approximate surface area is 280 Å². The van der Waals surface area contributed by atoms with E-state index in [0.29, 0.717) is 0 Å². The molecule has 0 saturated heterocycles. The standard InChI is InChI=1S/C25H17.C10H14.C5H5.2ClH.Ti/c1-3-7-18(8-4-1)20-11-13-24-22(15-20)17-23-16-21(12-14-25(23)24)19-9-5-2-6-10-19;1-7-2-9-4-8(1)5-10(3-7)6-9;1-2-4-5-3-1;;;/h1-17H;7-10H,1-5H2;1-3H,4H2;2*1H;/q-1;;-1;;;+2/p-2. The first-order valence-corrected chi connectivity index (χ1v) is 16.0. The van der Waals surface area contributed by atoms with Crippen LogP contribution in [0.25, 0.3) is 43.8 Å². The molecule has 0 heterocycles. The number of allylic oxidation sites excluding steroid dienone is 4. The number of hydrogen-bond donors (Lipinski definition) is 0. The van der Waals surface area contributed by atoms with Crippen LogP contribution in [0.15, 0.2) is 121 Å². The van der Waals surface area contributed by atoms with Gasteiger partial charge < -0.3 is 24.8 Å². The molecule has 0 radical (unpaired) electrons. The van der Waals surface area contributed by atoms with Gasteiger partial charge in [0.1, 0.15) is 0 Å². The summed E-state index contributed by atoms with van der Waals surface area (Å²) in [6.45, 7) is 0. The van der Waals surface area contributed by atoms with Crippen LogP contribution in [-0.2, 0) is 20.0 Å². The molecule has 0 atom stereocenters. The third kappa shape index (κ3) is 7.05. The summed E-state index contributed by atoms with van der Waals surface area (Å²) in [7, 11) is 0. The molecule has 4 bridgehead atoms. The maximum Gasteiger partial charge on any atom is -0.0259 e. The predicted octanol–water partition coefficient (Wildman–Crippen LogP) is 4.52. The third-order valence-corrected chi connectivity index (χ3v) is 10.8. The van der Waals surface area contributed by atoms with Gasteiger partial charge >= 0.3 is 79.6 Å². The van der Waals surface area contributed by atoms with Crippen molar-refractivity contribution in [2.24, 2.45) is 23.7 Å². The summed E-state index contributed by atoms with van der Waals surface area (Å²) >= 11 is 2.42. The summed E-state index contributed by atoms with van der Waals surface area (Å²) in [5, 5.41) is 5.27. The molecule has 43 heavy (non-hydrogen) atoms. The minimum absolute atomic E-state index is 0. The molecular formula is C40H36Cl2Ti-2. The Morgan fingerprint density at radius 3 is 1.47 bits per heavy atom. The van der Waals surface area contributed by atoms with Crippen molar-refractivity contribution >= 4 is 25.4 Å². The Bertz CT molecular complexity index is 1590. The Morgan fingerprint density at radius 2 is 1.07 bits per heavy atom. The Morgan fingerprint density at radius 1 is 0.581 bits per heavy atom. The van der Waals surface area contributed by atoms with E-state index in [1.807, 2.05) is 16.0 Å². The fourth-order valence-corrected chi connectivity index (χ4v) is 8.41. The molecule has 0 unspecified atom stereocenters. The third-order valence-electron chi connectivity index (χ3n) is 9.52. The van der Waals surface area contributed by atoms with Gasteiger partial charge in [0.25, 0.3) is 0 Å². The van der Waals surface area contributed by atoms with Crippen LogP contribution in [0, 0.1) is 29.7 Å². The molecule has 10 rings (SSSR count). The van der Waals surface area contributed by atoms with Crippen molar-refractivity contribution in [2.45, 2.75) is 38.5 Å². The van der Waals surface area contributed by atoms with Crippen LogP contribution < -0.4 is 24.8 Å². The summed E-state index contributed by atoms with van der Waals surface area (Å²) in [4.78, 5) is 0. The van der Waals surface area contributed by atoms with Gasteiger partial charge in [0.05, 0.1) is 0 Å². The normalized spacial score (nSPS) is 22.3. The zero-order valence-electron chi connectivity index (χ0n) is 24.4. The molecule has 3 heteroatoms. The molecule has 0 nitrogen and oxygen atoms in total. The Hall–Kier alpha value is -2.61. The maximum atomic E-state index is 2.99. The van der Waals surface area contributed by atoms with Gasteiger partial charge in [-0.3, -0.25) is 6.08 Å². The topological polar surface area (TPSA) is 0 Å². The van der Waals surface area contributed by atoms with E-state index in [9.17, 15) is 0 Å². The van der Waals surface area contributed by atoms with Gasteiger partial charge in [-0.2, -0.15) is 6.08 Å². The second-order valence-corrected chi connectivity index (χ2v) is 13.1. The monoisotopic (exact) mass is 634 g/mol. The number of fused-ring (bicyclic) bond motifs is 3. The van der Waals surface area contributed by atoms with E-state index >= 15 is 0 Å². The van der Waals surface area contributed by atoms with E-state index in [-0.39, 0.29) is 24.8 Å². The van der Waals surface area contributed by atoms with Gasteiger partial charge in [-0.1, -0.05) is 96.1 Å². The maximum absolute atomic E-state index is 2.99. The van der Waals surface area contributed by atoms with E-state index in [1.54, 1.807) is 32.1 Å². The Balaban J connectivity index is 0.000000168. The van der Waals surface area contributed by atoms with Gasteiger partial charge in [-0.15, -0.1) is 46.2 Å². The summed E-state index contributed by atoms with van der Waals surface area (Å²) in [5.74, 6) is 4.40. The number of rotatable bonds is 2. The molecule has 5 aliphatic carbocycles. The summed E-state index contributed by atoms with van der Waals surface area (Å²) in [6, 6.07) is 37.0. The second kappa shape index (κ2) is 14.4. The number of halogens is 2. The summed E-state index contributed by atoms with van der Waals surface area (Å²) in [6.07, 6.45) is 17.8. The van der Waals surface area contributed by atoms with E-state index < -0.39 is 0 Å². The van der Waals surface area contributed by atoms with Gasteiger partial charge in [0.2, 0.25) is 0 Å². The zero-order valence-corrected chi connectivity index (χ0v) is 27.4.